The van der Waals surface area contributed by atoms with Crippen molar-refractivity contribution in [1.29, 1.82) is 0 Å². The summed E-state index contributed by atoms with van der Waals surface area (Å²) in [5.74, 6) is 0. The summed E-state index contributed by atoms with van der Waals surface area (Å²) < 4.78 is 26.7. The van der Waals surface area contributed by atoms with Crippen LogP contribution in [0.3, 0.4) is 0 Å². The van der Waals surface area contributed by atoms with Gasteiger partial charge in [-0.1, -0.05) is 17.6 Å². The molecule has 0 aromatic carbocycles. The minimum atomic E-state index is -3.42. The van der Waals surface area contributed by atoms with Crippen LogP contribution >= 0.6 is 0 Å². The Morgan fingerprint density at radius 3 is 2.75 bits per heavy atom. The SMILES string of the molecule is C=CC[C@H](CCCCN=[N+]=[N-])OS(C)(=O)=O. The lowest BCUT2D eigenvalue weighted by Crippen LogP contribution is -2.17. The second-order valence-electron chi connectivity index (χ2n) is 3.40. The maximum atomic E-state index is 10.9. The third kappa shape index (κ3) is 9.51. The highest BCUT2D eigenvalue weighted by Gasteiger charge is 2.13. The van der Waals surface area contributed by atoms with E-state index in [1.807, 2.05) is 0 Å². The van der Waals surface area contributed by atoms with Crippen LogP contribution in [0, 0.1) is 0 Å². The summed E-state index contributed by atoms with van der Waals surface area (Å²) in [7, 11) is -3.42. The van der Waals surface area contributed by atoms with E-state index in [1.54, 1.807) is 6.08 Å². The molecule has 0 N–H and O–H groups in total. The summed E-state index contributed by atoms with van der Waals surface area (Å²) in [5, 5.41) is 3.39. The average Bonchev–Trinajstić information content (AvgIpc) is 2.15. The second-order valence-corrected chi connectivity index (χ2v) is 5.00. The van der Waals surface area contributed by atoms with Crippen molar-refractivity contribution in [3.8, 4) is 0 Å². The normalized spacial score (nSPS) is 12.8. The number of azide groups is 1. The van der Waals surface area contributed by atoms with E-state index in [2.05, 4.69) is 16.6 Å². The first kappa shape index (κ1) is 15.0. The number of hydrogen-bond donors (Lipinski definition) is 0. The zero-order valence-corrected chi connectivity index (χ0v) is 10.2. The summed E-state index contributed by atoms with van der Waals surface area (Å²) in [6, 6.07) is 0. The van der Waals surface area contributed by atoms with E-state index < -0.39 is 10.1 Å². The van der Waals surface area contributed by atoms with Crippen LogP contribution in [-0.4, -0.2) is 27.3 Å². The Labute approximate surface area is 96.1 Å². The van der Waals surface area contributed by atoms with Crippen molar-refractivity contribution in [2.45, 2.75) is 31.8 Å². The minimum absolute atomic E-state index is 0.362. The van der Waals surface area contributed by atoms with Gasteiger partial charge in [0.05, 0.1) is 12.4 Å². The Morgan fingerprint density at radius 2 is 2.25 bits per heavy atom. The van der Waals surface area contributed by atoms with E-state index in [0.29, 0.717) is 19.4 Å². The molecule has 0 aliphatic heterocycles. The number of rotatable bonds is 9. The molecule has 16 heavy (non-hydrogen) atoms. The molecule has 0 aliphatic carbocycles. The van der Waals surface area contributed by atoms with Crippen molar-refractivity contribution in [3.63, 3.8) is 0 Å². The van der Waals surface area contributed by atoms with Gasteiger partial charge < -0.3 is 0 Å². The zero-order valence-electron chi connectivity index (χ0n) is 9.37. The second kappa shape index (κ2) is 8.15. The van der Waals surface area contributed by atoms with Crippen LogP contribution in [0.4, 0.5) is 0 Å². The molecular formula is C9H17N3O3S. The van der Waals surface area contributed by atoms with Crippen molar-refractivity contribution in [2.75, 3.05) is 12.8 Å². The number of unbranched alkanes of at least 4 members (excludes halogenated alkanes) is 1. The Morgan fingerprint density at radius 1 is 1.56 bits per heavy atom. The molecule has 0 aliphatic rings. The smallest absolute Gasteiger partial charge is 0.264 e. The molecule has 0 unspecified atom stereocenters. The van der Waals surface area contributed by atoms with Crippen LogP contribution in [0.25, 0.3) is 10.4 Å². The summed E-state index contributed by atoms with van der Waals surface area (Å²) >= 11 is 0. The largest absolute Gasteiger partial charge is 0.267 e. The lowest BCUT2D eigenvalue weighted by molar-refractivity contribution is 0.200. The lowest BCUT2D eigenvalue weighted by Gasteiger charge is -2.13. The lowest BCUT2D eigenvalue weighted by atomic mass is 10.1. The average molecular weight is 247 g/mol. The fourth-order valence-electron chi connectivity index (χ4n) is 1.24. The highest BCUT2D eigenvalue weighted by Crippen LogP contribution is 2.12. The summed E-state index contributed by atoms with van der Waals surface area (Å²) in [6.07, 6.45) is 4.89. The Balaban J connectivity index is 3.94. The maximum Gasteiger partial charge on any atom is 0.264 e. The molecule has 0 heterocycles. The van der Waals surface area contributed by atoms with Crippen molar-refractivity contribution < 1.29 is 12.6 Å². The Hall–Kier alpha value is -1.04. The predicted octanol–water partition coefficient (Wildman–Crippen LogP) is 2.39. The first-order valence-electron chi connectivity index (χ1n) is 4.99. The summed E-state index contributed by atoms with van der Waals surface area (Å²) in [6.45, 7) is 3.97. The van der Waals surface area contributed by atoms with Crippen molar-refractivity contribution in [2.24, 2.45) is 5.11 Å². The molecule has 1 atom stereocenters. The zero-order chi connectivity index (χ0) is 12.4. The van der Waals surface area contributed by atoms with Crippen LogP contribution in [-0.2, 0) is 14.3 Å². The Bertz CT molecular complexity index is 347. The quantitative estimate of drug-likeness (QED) is 0.156. The molecule has 0 amide bonds. The molecule has 0 aromatic rings. The number of hydrogen-bond acceptors (Lipinski definition) is 4. The fourth-order valence-corrected chi connectivity index (χ4v) is 1.91. The van der Waals surface area contributed by atoms with Gasteiger partial charge in [-0.2, -0.15) is 8.42 Å². The van der Waals surface area contributed by atoms with E-state index >= 15 is 0 Å². The van der Waals surface area contributed by atoms with Gasteiger partial charge in [0.25, 0.3) is 10.1 Å². The molecule has 0 radical (unpaired) electrons. The van der Waals surface area contributed by atoms with E-state index in [9.17, 15) is 8.42 Å². The summed E-state index contributed by atoms with van der Waals surface area (Å²) in [5.41, 5.74) is 8.05. The van der Waals surface area contributed by atoms with Gasteiger partial charge in [0, 0.05) is 11.5 Å². The van der Waals surface area contributed by atoms with Gasteiger partial charge in [-0.3, -0.25) is 4.18 Å². The third-order valence-electron chi connectivity index (χ3n) is 1.84. The standard InChI is InChI=1S/C9H17N3O3S/c1-3-6-9(15-16(2,13)14)7-4-5-8-11-12-10/h3,9H,1,4-8H2,2H3/t9-/m1/s1. The van der Waals surface area contributed by atoms with E-state index in [4.69, 9.17) is 9.71 Å². The van der Waals surface area contributed by atoms with E-state index in [-0.39, 0.29) is 6.10 Å². The topological polar surface area (TPSA) is 92.1 Å². The predicted molar refractivity (Wildman–Crippen MR) is 62.4 cm³/mol. The summed E-state index contributed by atoms with van der Waals surface area (Å²) in [4.78, 5) is 2.63. The van der Waals surface area contributed by atoms with Gasteiger partial charge in [-0.25, -0.2) is 0 Å². The highest BCUT2D eigenvalue weighted by molar-refractivity contribution is 7.86. The molecule has 92 valence electrons. The molecule has 0 bridgehead atoms. The van der Waals surface area contributed by atoms with Crippen molar-refractivity contribution in [3.05, 3.63) is 23.1 Å². The Kier molecular flexibility index (Phi) is 7.62. The molecule has 0 saturated carbocycles. The molecular weight excluding hydrogens is 230 g/mol. The van der Waals surface area contributed by atoms with Gasteiger partial charge in [0.15, 0.2) is 0 Å². The van der Waals surface area contributed by atoms with E-state index in [1.165, 1.54) is 0 Å². The first-order valence-corrected chi connectivity index (χ1v) is 6.81. The first-order chi connectivity index (χ1) is 7.49. The molecule has 0 spiro atoms. The molecule has 7 heteroatoms. The van der Waals surface area contributed by atoms with Gasteiger partial charge in [0.2, 0.25) is 0 Å². The molecule has 6 nitrogen and oxygen atoms in total. The highest BCUT2D eigenvalue weighted by atomic mass is 32.2. The van der Waals surface area contributed by atoms with Crippen LogP contribution in [0.1, 0.15) is 25.7 Å². The van der Waals surface area contributed by atoms with Crippen LogP contribution in [0.5, 0.6) is 0 Å². The fraction of sp³-hybridized carbons (Fsp3) is 0.778. The molecule has 0 rings (SSSR count). The minimum Gasteiger partial charge on any atom is -0.267 e. The van der Waals surface area contributed by atoms with Crippen LogP contribution < -0.4 is 0 Å². The van der Waals surface area contributed by atoms with E-state index in [0.717, 1.165) is 19.1 Å². The molecule has 0 fully saturated rings. The number of nitrogens with zero attached hydrogens (tertiary/aromatic N) is 3. The van der Waals surface area contributed by atoms with Crippen molar-refractivity contribution in [1.82, 2.24) is 0 Å². The van der Waals surface area contributed by atoms with Gasteiger partial charge in [0.1, 0.15) is 0 Å². The third-order valence-corrected chi connectivity index (χ3v) is 2.46. The maximum absolute atomic E-state index is 10.9. The monoisotopic (exact) mass is 247 g/mol. The molecule has 0 aromatic heterocycles. The van der Waals surface area contributed by atoms with Crippen LogP contribution in [0.15, 0.2) is 17.8 Å². The van der Waals surface area contributed by atoms with Gasteiger partial charge in [-0.15, -0.1) is 6.58 Å². The van der Waals surface area contributed by atoms with Crippen molar-refractivity contribution >= 4 is 10.1 Å². The van der Waals surface area contributed by atoms with Crippen LogP contribution in [0.2, 0.25) is 0 Å². The van der Waals surface area contributed by atoms with Gasteiger partial charge >= 0.3 is 0 Å². The van der Waals surface area contributed by atoms with Gasteiger partial charge in [-0.05, 0) is 24.8 Å². The molecule has 0 saturated heterocycles.